The van der Waals surface area contributed by atoms with Gasteiger partial charge in [-0.05, 0) is 0 Å². The molecule has 0 N–H and O–H groups in total. The minimum atomic E-state index is 0.171. The van der Waals surface area contributed by atoms with Gasteiger partial charge in [0.25, 0.3) is 0 Å². The Morgan fingerprint density at radius 2 is 1.48 bits per heavy atom. The van der Waals surface area contributed by atoms with Crippen molar-refractivity contribution >= 4 is 21.2 Å². The normalized spacial score (nSPS) is 11.8. The van der Waals surface area contributed by atoms with Crippen molar-refractivity contribution in [2.45, 2.75) is 39.0 Å². The molecule has 0 unspecified atom stereocenters. The number of benzene rings is 2. The summed E-state index contributed by atoms with van der Waals surface area (Å²) in [5.74, 6) is 0. The zero-order valence-electron chi connectivity index (χ0n) is 13.4. The number of unbranched alkanes of at least 4 members (excludes halogenated alkanes) is 1. The van der Waals surface area contributed by atoms with Gasteiger partial charge in [-0.25, -0.2) is 0 Å². The van der Waals surface area contributed by atoms with E-state index in [0.29, 0.717) is 5.41 Å². The Morgan fingerprint density at radius 1 is 0.857 bits per heavy atom. The number of hydrogen-bond donors (Lipinski definition) is 0. The fourth-order valence-electron chi connectivity index (χ4n) is 2.40. The molecule has 2 aromatic carbocycles. The Labute approximate surface area is 140 Å². The van der Waals surface area contributed by atoms with Crippen molar-refractivity contribution in [3.8, 4) is 11.1 Å². The maximum absolute atomic E-state index is 2.40. The number of halogens is 1. The molecule has 0 aromatic heterocycles. The monoisotopic (exact) mass is 394 g/mol. The van der Waals surface area contributed by atoms with E-state index in [9.17, 15) is 0 Å². The molecule has 0 saturated heterocycles. The zero-order chi connectivity index (χ0) is 15.1. The molecule has 0 spiro atoms. The van der Waals surface area contributed by atoms with Crippen molar-refractivity contribution in [3.05, 3.63) is 60.2 Å². The van der Waals surface area contributed by atoms with Gasteiger partial charge in [-0.1, -0.05) is 0 Å². The third kappa shape index (κ3) is 4.84. The molecule has 0 nitrogen and oxygen atoms in total. The molecule has 0 atom stereocenters. The first-order valence-corrected chi connectivity index (χ1v) is 11.2. The molecular formula is C20H27I. The topological polar surface area (TPSA) is 0 Å². The average molecular weight is 394 g/mol. The van der Waals surface area contributed by atoms with E-state index in [1.807, 2.05) is 0 Å². The number of alkyl halides is 2. The first-order valence-electron chi connectivity index (χ1n) is 7.87. The van der Waals surface area contributed by atoms with Crippen LogP contribution >= 0.6 is 21.2 Å². The molecule has 0 saturated carbocycles. The molecule has 0 fully saturated rings. The van der Waals surface area contributed by atoms with Crippen molar-refractivity contribution in [3.63, 3.8) is 0 Å². The van der Waals surface area contributed by atoms with E-state index in [2.05, 4.69) is 75.4 Å². The summed E-state index contributed by atoms with van der Waals surface area (Å²) in [6, 6.07) is 19.8. The summed E-state index contributed by atoms with van der Waals surface area (Å²) in [6.45, 7) is 7.10. The van der Waals surface area contributed by atoms with Gasteiger partial charge in [0.15, 0.2) is 0 Å². The summed E-state index contributed by atoms with van der Waals surface area (Å²) < 4.78 is 2.90. The van der Waals surface area contributed by atoms with Crippen LogP contribution in [0.4, 0.5) is 0 Å². The van der Waals surface area contributed by atoms with Crippen LogP contribution in [0.15, 0.2) is 54.6 Å². The van der Waals surface area contributed by atoms with Crippen LogP contribution in [0, 0.1) is 0 Å². The molecule has 2 aromatic rings. The van der Waals surface area contributed by atoms with Crippen LogP contribution in [-0.4, -0.2) is 8.86 Å². The molecule has 0 aliphatic rings. The molecule has 21 heavy (non-hydrogen) atoms. The molecule has 0 bridgehead atoms. The van der Waals surface area contributed by atoms with Crippen LogP contribution < -0.4 is 0 Å². The van der Waals surface area contributed by atoms with Gasteiger partial charge >= 0.3 is 140 Å². The second kappa shape index (κ2) is 7.98. The van der Waals surface area contributed by atoms with E-state index >= 15 is 0 Å². The zero-order valence-corrected chi connectivity index (χ0v) is 15.8. The van der Waals surface area contributed by atoms with Gasteiger partial charge in [-0.15, -0.1) is 0 Å². The summed E-state index contributed by atoms with van der Waals surface area (Å²) in [6.07, 6.45) is 2.77. The average Bonchev–Trinajstić information content (AvgIpc) is 2.53. The maximum atomic E-state index is 2.40. The molecule has 0 aliphatic heterocycles. The quantitative estimate of drug-likeness (QED) is 0.301. The summed E-state index contributed by atoms with van der Waals surface area (Å²) >= 11 is 0.171. The number of hydrogen-bond acceptors (Lipinski definition) is 0. The first-order chi connectivity index (χ1) is 10.1. The Balaban J connectivity index is 2.04. The summed E-state index contributed by atoms with van der Waals surface area (Å²) in [4.78, 5) is 0. The second-order valence-corrected chi connectivity index (χ2v) is 9.39. The van der Waals surface area contributed by atoms with Crippen LogP contribution in [0.3, 0.4) is 0 Å². The van der Waals surface area contributed by atoms with Crippen LogP contribution in [0.25, 0.3) is 11.1 Å². The Morgan fingerprint density at radius 3 is 2.10 bits per heavy atom. The van der Waals surface area contributed by atoms with Crippen LogP contribution in [0.2, 0.25) is 0 Å². The Bertz CT molecular complexity index is 526. The van der Waals surface area contributed by atoms with Crippen molar-refractivity contribution in [1.29, 1.82) is 0 Å². The van der Waals surface area contributed by atoms with Crippen LogP contribution in [-0.2, 0) is 5.41 Å². The summed E-state index contributed by atoms with van der Waals surface area (Å²) in [5.41, 5.74) is 4.45. The van der Waals surface area contributed by atoms with E-state index in [1.165, 1.54) is 38.4 Å². The molecule has 114 valence electrons. The SMILES string of the molecule is CCCC[IH]CC(C)(C)c1ccc(-c2ccccc2)cc1. The standard InChI is InChI=1S/C20H27I/c1-4-5-15-21-16-20(2,3)19-13-11-18(12-14-19)17-9-7-6-8-10-17/h6-14,21H,4-5,15-16H2,1-3H3. The van der Waals surface area contributed by atoms with Gasteiger partial charge in [0.1, 0.15) is 0 Å². The molecule has 0 aliphatic carbocycles. The van der Waals surface area contributed by atoms with Crippen molar-refractivity contribution in [2.24, 2.45) is 0 Å². The van der Waals surface area contributed by atoms with E-state index in [0.717, 1.165) is 0 Å². The fourth-order valence-corrected chi connectivity index (χ4v) is 6.15. The summed E-state index contributed by atoms with van der Waals surface area (Å²) in [5, 5.41) is 0. The van der Waals surface area contributed by atoms with Gasteiger partial charge in [0.05, 0.1) is 0 Å². The third-order valence-corrected chi connectivity index (χ3v) is 8.17. The molecule has 0 radical (unpaired) electrons. The molecular weight excluding hydrogens is 367 g/mol. The van der Waals surface area contributed by atoms with Crippen LogP contribution in [0.1, 0.15) is 39.2 Å². The van der Waals surface area contributed by atoms with Gasteiger partial charge in [0.2, 0.25) is 0 Å². The van der Waals surface area contributed by atoms with Gasteiger partial charge in [-0.2, -0.15) is 0 Å². The molecule has 0 amide bonds. The second-order valence-electron chi connectivity index (χ2n) is 6.23. The molecule has 1 heteroatoms. The van der Waals surface area contributed by atoms with E-state index in [1.54, 1.807) is 0 Å². The fraction of sp³-hybridized carbons (Fsp3) is 0.400. The van der Waals surface area contributed by atoms with E-state index in [4.69, 9.17) is 0 Å². The first kappa shape index (κ1) is 16.5. The Hall–Kier alpha value is -0.830. The number of rotatable bonds is 7. The van der Waals surface area contributed by atoms with Crippen molar-refractivity contribution in [1.82, 2.24) is 0 Å². The predicted molar refractivity (Wildman–Crippen MR) is 105 cm³/mol. The van der Waals surface area contributed by atoms with Crippen molar-refractivity contribution in [2.75, 3.05) is 8.86 Å². The van der Waals surface area contributed by atoms with Gasteiger partial charge in [-0.3, -0.25) is 0 Å². The van der Waals surface area contributed by atoms with Crippen LogP contribution in [0.5, 0.6) is 0 Å². The molecule has 2 rings (SSSR count). The van der Waals surface area contributed by atoms with Crippen molar-refractivity contribution < 1.29 is 0 Å². The third-order valence-electron chi connectivity index (χ3n) is 3.88. The van der Waals surface area contributed by atoms with E-state index < -0.39 is 0 Å². The minimum absolute atomic E-state index is 0.171. The Kier molecular flexibility index (Phi) is 6.28. The van der Waals surface area contributed by atoms with E-state index in [-0.39, 0.29) is 21.2 Å². The molecule has 0 heterocycles. The van der Waals surface area contributed by atoms with Gasteiger partial charge in [0, 0.05) is 0 Å². The van der Waals surface area contributed by atoms with Gasteiger partial charge < -0.3 is 0 Å². The summed E-state index contributed by atoms with van der Waals surface area (Å²) in [7, 11) is 0. The predicted octanol–water partition coefficient (Wildman–Crippen LogP) is 6.13.